The van der Waals surface area contributed by atoms with Crippen molar-refractivity contribution in [2.75, 3.05) is 13.1 Å². The van der Waals surface area contributed by atoms with E-state index in [-0.39, 0.29) is 12.5 Å². The van der Waals surface area contributed by atoms with E-state index in [0.717, 1.165) is 51.2 Å². The largest absolute Gasteiger partial charge is 0.462 e. The van der Waals surface area contributed by atoms with Crippen LogP contribution in [0.2, 0.25) is 0 Å². The fourth-order valence-electron chi connectivity index (χ4n) is 4.29. The quantitative estimate of drug-likeness (QED) is 0.843. The molecule has 3 heterocycles. The molecular formula is C20H26N2O3S. The Morgan fingerprint density at radius 3 is 2.73 bits per heavy atom. The molecule has 1 atom stereocenters. The van der Waals surface area contributed by atoms with Gasteiger partial charge in [-0.25, -0.2) is 0 Å². The number of piperidine rings is 1. The highest BCUT2D eigenvalue weighted by molar-refractivity contribution is 7.07. The van der Waals surface area contributed by atoms with Crippen LogP contribution in [-0.2, 0) is 24.5 Å². The van der Waals surface area contributed by atoms with Crippen molar-refractivity contribution in [1.82, 2.24) is 9.80 Å². The number of thiophene rings is 1. The first-order chi connectivity index (χ1) is 12.6. The molecule has 1 N–H and O–H groups in total. The Kier molecular flexibility index (Phi) is 4.90. The lowest BCUT2D eigenvalue weighted by Gasteiger charge is -2.34. The van der Waals surface area contributed by atoms with Crippen LogP contribution in [0.3, 0.4) is 0 Å². The van der Waals surface area contributed by atoms with E-state index in [4.69, 9.17) is 9.52 Å². The maximum Gasteiger partial charge on any atom is 0.220 e. The molecule has 1 amide bonds. The fourth-order valence-corrected chi connectivity index (χ4v) is 4.95. The number of rotatable bonds is 6. The molecule has 1 spiro atoms. The van der Waals surface area contributed by atoms with Crippen LogP contribution in [0.4, 0.5) is 0 Å². The van der Waals surface area contributed by atoms with E-state index >= 15 is 0 Å². The SMILES string of the molecule is CC(=O)N(Cc1ccsc1)C1CC12CCN(Cc1ccc(CO)o1)CC2. The van der Waals surface area contributed by atoms with Crippen molar-refractivity contribution in [3.05, 3.63) is 46.0 Å². The lowest BCUT2D eigenvalue weighted by Crippen LogP contribution is -2.39. The van der Waals surface area contributed by atoms with Crippen molar-refractivity contribution in [3.63, 3.8) is 0 Å². The zero-order chi connectivity index (χ0) is 18.1. The molecule has 2 fully saturated rings. The van der Waals surface area contributed by atoms with Gasteiger partial charge >= 0.3 is 0 Å². The van der Waals surface area contributed by atoms with E-state index < -0.39 is 0 Å². The van der Waals surface area contributed by atoms with Crippen molar-refractivity contribution in [2.45, 2.75) is 51.9 Å². The van der Waals surface area contributed by atoms with Gasteiger partial charge in [0.1, 0.15) is 18.1 Å². The Bertz CT molecular complexity index is 747. The van der Waals surface area contributed by atoms with Gasteiger partial charge in [-0.1, -0.05) is 0 Å². The first-order valence-electron chi connectivity index (χ1n) is 9.29. The predicted octanol–water partition coefficient (Wildman–Crippen LogP) is 3.24. The first-order valence-corrected chi connectivity index (χ1v) is 10.2. The van der Waals surface area contributed by atoms with Gasteiger partial charge in [-0.15, -0.1) is 0 Å². The normalized spacial score (nSPS) is 21.8. The van der Waals surface area contributed by atoms with Crippen LogP contribution in [0, 0.1) is 5.41 Å². The third-order valence-electron chi connectivity index (χ3n) is 5.96. The molecule has 2 aromatic heterocycles. The van der Waals surface area contributed by atoms with Gasteiger partial charge in [0.05, 0.1) is 6.54 Å². The van der Waals surface area contributed by atoms with Gasteiger partial charge in [0.15, 0.2) is 0 Å². The molecule has 2 aromatic rings. The van der Waals surface area contributed by atoms with Crippen LogP contribution >= 0.6 is 11.3 Å². The number of likely N-dealkylation sites (tertiary alicyclic amines) is 1. The lowest BCUT2D eigenvalue weighted by molar-refractivity contribution is -0.130. The Morgan fingerprint density at radius 1 is 1.35 bits per heavy atom. The third kappa shape index (κ3) is 3.59. The summed E-state index contributed by atoms with van der Waals surface area (Å²) in [6.07, 6.45) is 3.41. The molecule has 1 saturated heterocycles. The van der Waals surface area contributed by atoms with Gasteiger partial charge in [-0.05, 0) is 72.3 Å². The minimum Gasteiger partial charge on any atom is -0.462 e. The zero-order valence-electron chi connectivity index (χ0n) is 15.2. The average Bonchev–Trinajstić information content (AvgIpc) is 3.01. The van der Waals surface area contributed by atoms with Crippen molar-refractivity contribution >= 4 is 17.2 Å². The summed E-state index contributed by atoms with van der Waals surface area (Å²) in [4.78, 5) is 16.7. The predicted molar refractivity (Wildman–Crippen MR) is 101 cm³/mol. The maximum atomic E-state index is 12.2. The molecule has 26 heavy (non-hydrogen) atoms. The number of nitrogens with zero attached hydrogens (tertiary/aromatic N) is 2. The first kappa shape index (κ1) is 17.8. The van der Waals surface area contributed by atoms with Crippen LogP contribution in [0.15, 0.2) is 33.4 Å². The smallest absolute Gasteiger partial charge is 0.220 e. The van der Waals surface area contributed by atoms with E-state index in [1.165, 1.54) is 5.56 Å². The fraction of sp³-hybridized carbons (Fsp3) is 0.550. The molecule has 5 nitrogen and oxygen atoms in total. The van der Waals surface area contributed by atoms with Crippen LogP contribution < -0.4 is 0 Å². The summed E-state index contributed by atoms with van der Waals surface area (Å²) in [5, 5.41) is 13.3. The highest BCUT2D eigenvalue weighted by Gasteiger charge is 2.58. The molecular weight excluding hydrogens is 348 g/mol. The van der Waals surface area contributed by atoms with E-state index in [1.54, 1.807) is 18.3 Å². The molecule has 2 aliphatic rings. The average molecular weight is 375 g/mol. The van der Waals surface area contributed by atoms with E-state index in [0.29, 0.717) is 17.2 Å². The Morgan fingerprint density at radius 2 is 2.12 bits per heavy atom. The van der Waals surface area contributed by atoms with Gasteiger partial charge < -0.3 is 14.4 Å². The van der Waals surface area contributed by atoms with Gasteiger partial charge in [0.2, 0.25) is 5.91 Å². The van der Waals surface area contributed by atoms with Crippen molar-refractivity contribution in [1.29, 1.82) is 0 Å². The van der Waals surface area contributed by atoms with Crippen LogP contribution in [0.25, 0.3) is 0 Å². The molecule has 1 aliphatic heterocycles. The van der Waals surface area contributed by atoms with Crippen molar-refractivity contribution in [2.24, 2.45) is 5.41 Å². The topological polar surface area (TPSA) is 56.9 Å². The second kappa shape index (κ2) is 7.18. The minimum absolute atomic E-state index is 0.0458. The highest BCUT2D eigenvalue weighted by atomic mass is 32.1. The molecule has 0 radical (unpaired) electrons. The summed E-state index contributed by atoms with van der Waals surface area (Å²) in [6.45, 7) is 5.27. The summed E-state index contributed by atoms with van der Waals surface area (Å²) >= 11 is 1.69. The zero-order valence-corrected chi connectivity index (χ0v) is 16.0. The summed E-state index contributed by atoms with van der Waals surface area (Å²) in [5.41, 5.74) is 1.56. The Labute approximate surface area is 158 Å². The standard InChI is InChI=1S/C20H26N2O3S/c1-15(24)22(11-16-4-9-26-14-16)19-10-20(19)5-7-21(8-6-20)12-17-2-3-18(13-23)25-17/h2-4,9,14,19,23H,5-8,10-13H2,1H3. The Balaban J connectivity index is 1.33. The molecule has 6 heteroatoms. The second-order valence-corrected chi connectivity index (χ2v) is 8.44. The van der Waals surface area contributed by atoms with E-state index in [1.807, 2.05) is 12.1 Å². The monoisotopic (exact) mass is 374 g/mol. The van der Waals surface area contributed by atoms with E-state index in [9.17, 15) is 4.79 Å². The number of furan rings is 1. The summed E-state index contributed by atoms with van der Waals surface area (Å²) < 4.78 is 5.61. The van der Waals surface area contributed by atoms with Gasteiger partial charge in [0, 0.05) is 19.5 Å². The molecule has 0 bridgehead atoms. The summed E-state index contributed by atoms with van der Waals surface area (Å²) in [7, 11) is 0. The third-order valence-corrected chi connectivity index (χ3v) is 6.70. The van der Waals surface area contributed by atoms with Crippen molar-refractivity contribution in [3.8, 4) is 0 Å². The molecule has 1 unspecified atom stereocenters. The van der Waals surface area contributed by atoms with Gasteiger partial charge in [0.25, 0.3) is 0 Å². The van der Waals surface area contributed by atoms with Crippen molar-refractivity contribution < 1.29 is 14.3 Å². The number of carbonyl (C=O) groups is 1. The summed E-state index contributed by atoms with van der Waals surface area (Å²) in [5.74, 6) is 1.73. The Hall–Kier alpha value is -1.63. The highest BCUT2D eigenvalue weighted by Crippen LogP contribution is 2.57. The summed E-state index contributed by atoms with van der Waals surface area (Å²) in [6, 6.07) is 6.30. The number of hydrogen-bond acceptors (Lipinski definition) is 5. The van der Waals surface area contributed by atoms with Crippen LogP contribution in [0.5, 0.6) is 0 Å². The lowest BCUT2D eigenvalue weighted by atomic mass is 9.92. The number of hydrogen-bond donors (Lipinski definition) is 1. The number of aliphatic hydroxyl groups excluding tert-OH is 1. The van der Waals surface area contributed by atoms with E-state index in [2.05, 4.69) is 26.6 Å². The minimum atomic E-state index is -0.0458. The number of aliphatic hydroxyl groups is 1. The second-order valence-electron chi connectivity index (χ2n) is 7.66. The van der Waals surface area contributed by atoms with Crippen LogP contribution in [0.1, 0.15) is 43.3 Å². The number of carbonyl (C=O) groups excluding carboxylic acids is 1. The molecule has 0 aromatic carbocycles. The van der Waals surface area contributed by atoms with Gasteiger partial charge in [-0.3, -0.25) is 9.69 Å². The number of amides is 1. The van der Waals surface area contributed by atoms with Crippen LogP contribution in [-0.4, -0.2) is 39.9 Å². The molecule has 140 valence electrons. The maximum absolute atomic E-state index is 12.2. The molecule has 4 rings (SSSR count). The molecule has 1 saturated carbocycles. The van der Waals surface area contributed by atoms with Gasteiger partial charge in [-0.2, -0.15) is 11.3 Å². The molecule has 1 aliphatic carbocycles.